The van der Waals surface area contributed by atoms with Gasteiger partial charge in [0.25, 0.3) is 5.56 Å². The lowest BCUT2D eigenvalue weighted by molar-refractivity contribution is -0.0509. The number of nitrogens with two attached hydrogens (primary N) is 1. The van der Waals surface area contributed by atoms with Crippen molar-refractivity contribution in [2.75, 3.05) is 12.3 Å². The third-order valence-electron chi connectivity index (χ3n) is 6.07. The van der Waals surface area contributed by atoms with E-state index in [-0.39, 0.29) is 29.6 Å². The topological polar surface area (TPSA) is 212 Å². The summed E-state index contributed by atoms with van der Waals surface area (Å²) in [4.78, 5) is 19.1. The SMILES string of the molecule is Nc1nc2c(c(CN[C@@H]3[C@@H](O)[C@@H](O)[C@@H]4O[C@H]34)cn2C2OC(CO)C(O)C2O)c(=O)[nH]1. The highest BCUT2D eigenvalue weighted by Gasteiger charge is 2.61. The Hall–Kier alpha value is -2.10. The zero-order valence-electron chi connectivity index (χ0n) is 15.6. The van der Waals surface area contributed by atoms with Crippen molar-refractivity contribution >= 4 is 17.0 Å². The van der Waals surface area contributed by atoms with E-state index in [9.17, 15) is 30.3 Å². The highest BCUT2D eigenvalue weighted by Crippen LogP contribution is 2.39. The van der Waals surface area contributed by atoms with Gasteiger partial charge in [0.05, 0.1) is 18.0 Å². The predicted molar refractivity (Wildman–Crippen MR) is 99.1 cm³/mol. The fraction of sp³-hybridized carbons (Fsp3) is 0.647. The average Bonchev–Trinajstić information content (AvgIpc) is 3.26. The van der Waals surface area contributed by atoms with E-state index in [0.717, 1.165) is 0 Å². The van der Waals surface area contributed by atoms with Crippen molar-refractivity contribution in [2.24, 2.45) is 0 Å². The number of rotatable bonds is 5. The molecule has 4 heterocycles. The van der Waals surface area contributed by atoms with Crippen LogP contribution in [0.1, 0.15) is 11.8 Å². The summed E-state index contributed by atoms with van der Waals surface area (Å²) in [5.74, 6) is -0.137. The average molecular weight is 425 g/mol. The number of aliphatic hydroxyl groups is 5. The number of nitrogen functional groups attached to an aromatic ring is 1. The number of fused-ring (bicyclic) bond motifs is 2. The molecule has 4 unspecified atom stereocenters. The van der Waals surface area contributed by atoms with Crippen molar-refractivity contribution in [3.63, 3.8) is 0 Å². The largest absolute Gasteiger partial charge is 0.394 e. The minimum Gasteiger partial charge on any atom is -0.394 e. The van der Waals surface area contributed by atoms with Crippen LogP contribution in [0.4, 0.5) is 5.95 Å². The Bertz CT molecular complexity index is 1030. The first kappa shape index (κ1) is 19.8. The van der Waals surface area contributed by atoms with E-state index in [1.165, 1.54) is 10.8 Å². The Morgan fingerprint density at radius 2 is 1.90 bits per heavy atom. The summed E-state index contributed by atoms with van der Waals surface area (Å²) >= 11 is 0. The first-order valence-electron chi connectivity index (χ1n) is 9.58. The van der Waals surface area contributed by atoms with Crippen molar-refractivity contribution < 1.29 is 35.0 Å². The van der Waals surface area contributed by atoms with Gasteiger partial charge in [-0.05, 0) is 5.56 Å². The maximum absolute atomic E-state index is 12.6. The number of aromatic nitrogens is 3. The molecular weight excluding hydrogens is 402 g/mol. The van der Waals surface area contributed by atoms with E-state index >= 15 is 0 Å². The van der Waals surface area contributed by atoms with Gasteiger partial charge in [-0.3, -0.25) is 9.78 Å². The fourth-order valence-electron chi connectivity index (χ4n) is 4.45. The summed E-state index contributed by atoms with van der Waals surface area (Å²) in [7, 11) is 0. The summed E-state index contributed by atoms with van der Waals surface area (Å²) < 4.78 is 12.3. The third-order valence-corrected chi connectivity index (χ3v) is 6.07. The molecular formula is C17H23N5O8. The lowest BCUT2D eigenvalue weighted by atomic mass is 10.1. The lowest BCUT2D eigenvalue weighted by Crippen LogP contribution is -2.44. The molecule has 0 bridgehead atoms. The van der Waals surface area contributed by atoms with Crippen molar-refractivity contribution in [3.8, 4) is 0 Å². The first-order chi connectivity index (χ1) is 14.3. The van der Waals surface area contributed by atoms with Crippen LogP contribution in [0, 0.1) is 0 Å². The number of aromatic amines is 1. The van der Waals surface area contributed by atoms with Crippen LogP contribution in [0.25, 0.3) is 11.0 Å². The number of epoxide rings is 1. The van der Waals surface area contributed by atoms with Crippen LogP contribution in [-0.4, -0.2) is 95.4 Å². The molecule has 9 N–H and O–H groups in total. The molecule has 164 valence electrons. The molecule has 3 fully saturated rings. The van der Waals surface area contributed by atoms with Crippen molar-refractivity contribution in [1.29, 1.82) is 0 Å². The lowest BCUT2D eigenvalue weighted by Gasteiger charge is -2.20. The van der Waals surface area contributed by atoms with Gasteiger partial charge in [0.15, 0.2) is 11.9 Å². The van der Waals surface area contributed by atoms with Crippen molar-refractivity contribution in [3.05, 3.63) is 22.1 Å². The van der Waals surface area contributed by atoms with E-state index in [1.54, 1.807) is 0 Å². The molecule has 0 aromatic carbocycles. The second kappa shape index (κ2) is 6.96. The van der Waals surface area contributed by atoms with Gasteiger partial charge in [0.2, 0.25) is 5.95 Å². The quantitative estimate of drug-likeness (QED) is 0.216. The van der Waals surface area contributed by atoms with Gasteiger partial charge < -0.3 is 50.6 Å². The Morgan fingerprint density at radius 1 is 1.13 bits per heavy atom. The van der Waals surface area contributed by atoms with Gasteiger partial charge in [-0.25, -0.2) is 0 Å². The van der Waals surface area contributed by atoms with E-state index in [2.05, 4.69) is 15.3 Å². The molecule has 2 aromatic rings. The molecule has 2 aromatic heterocycles. The number of aliphatic hydroxyl groups excluding tert-OH is 5. The van der Waals surface area contributed by atoms with Gasteiger partial charge in [-0.15, -0.1) is 0 Å². The summed E-state index contributed by atoms with van der Waals surface area (Å²) in [5.41, 5.74) is 5.78. The van der Waals surface area contributed by atoms with E-state index in [4.69, 9.17) is 15.2 Å². The molecule has 0 spiro atoms. The number of nitrogens with zero attached hydrogens (tertiary/aromatic N) is 2. The number of hydrogen-bond donors (Lipinski definition) is 8. The minimum absolute atomic E-state index is 0.119. The van der Waals surface area contributed by atoms with Crippen LogP contribution in [0.5, 0.6) is 0 Å². The second-order valence-corrected chi connectivity index (χ2v) is 7.89. The molecule has 0 amide bonds. The summed E-state index contributed by atoms with van der Waals surface area (Å²) in [5, 5.41) is 53.1. The molecule has 1 saturated carbocycles. The Labute approximate surface area is 168 Å². The van der Waals surface area contributed by atoms with Gasteiger partial charge in [0.1, 0.15) is 42.7 Å². The van der Waals surface area contributed by atoms with E-state index < -0.39 is 61.1 Å². The molecule has 1 aliphatic carbocycles. The maximum atomic E-state index is 12.6. The Kier molecular flexibility index (Phi) is 4.61. The number of hydrogen-bond acceptors (Lipinski definition) is 11. The summed E-state index contributed by atoms with van der Waals surface area (Å²) in [6, 6.07) is -0.516. The van der Waals surface area contributed by atoms with Gasteiger partial charge in [0, 0.05) is 12.7 Å². The number of H-pyrrole nitrogens is 1. The van der Waals surface area contributed by atoms with Crippen LogP contribution in [0.15, 0.2) is 11.0 Å². The molecule has 2 saturated heterocycles. The first-order valence-corrected chi connectivity index (χ1v) is 9.58. The van der Waals surface area contributed by atoms with E-state index in [0.29, 0.717) is 5.56 Å². The molecule has 5 rings (SSSR count). The number of anilines is 1. The zero-order chi connectivity index (χ0) is 21.3. The second-order valence-electron chi connectivity index (χ2n) is 7.89. The molecule has 13 heteroatoms. The molecule has 13 nitrogen and oxygen atoms in total. The number of ether oxygens (including phenoxy) is 2. The normalized spacial score (nSPS) is 40.2. The fourth-order valence-corrected chi connectivity index (χ4v) is 4.45. The molecule has 0 radical (unpaired) electrons. The van der Waals surface area contributed by atoms with Crippen LogP contribution in [0.2, 0.25) is 0 Å². The van der Waals surface area contributed by atoms with Crippen molar-refractivity contribution in [1.82, 2.24) is 19.9 Å². The highest BCUT2D eigenvalue weighted by atomic mass is 16.6. The summed E-state index contributed by atoms with van der Waals surface area (Å²) in [6.45, 7) is -0.378. The van der Waals surface area contributed by atoms with E-state index in [1.807, 2.05) is 0 Å². The number of nitrogens with one attached hydrogen (secondary N) is 2. The Balaban J connectivity index is 1.49. The molecule has 30 heavy (non-hydrogen) atoms. The summed E-state index contributed by atoms with van der Waals surface area (Å²) in [6.07, 6.45) is -5.95. The van der Waals surface area contributed by atoms with Crippen LogP contribution >= 0.6 is 0 Å². The monoisotopic (exact) mass is 425 g/mol. The standard InChI is InChI=1S/C17H23N5O8/c18-17-20-14-6(15(28)21-17)4(1-19-7-9(25)10(26)13-12(7)30-13)2-22(14)16-11(27)8(24)5(3-23)29-16/h2,5,7-13,16,19,23-27H,1,3H2,(H3,18,20,21,28)/t5?,7-,8?,9-,10-,11?,12-,13+,16?/m1/s1. The smallest absolute Gasteiger partial charge is 0.262 e. The van der Waals surface area contributed by atoms with Gasteiger partial charge >= 0.3 is 0 Å². The molecule has 2 aliphatic heterocycles. The minimum atomic E-state index is -1.37. The predicted octanol–water partition coefficient (Wildman–Crippen LogP) is -4.12. The zero-order valence-corrected chi connectivity index (χ0v) is 15.6. The van der Waals surface area contributed by atoms with Crippen LogP contribution in [-0.2, 0) is 16.0 Å². The molecule has 9 atom stereocenters. The van der Waals surface area contributed by atoms with Crippen molar-refractivity contribution in [2.45, 2.75) is 61.5 Å². The van der Waals surface area contributed by atoms with Gasteiger partial charge in [-0.1, -0.05) is 0 Å². The maximum Gasteiger partial charge on any atom is 0.262 e. The van der Waals surface area contributed by atoms with Crippen LogP contribution in [0.3, 0.4) is 0 Å². The van der Waals surface area contributed by atoms with Crippen LogP contribution < -0.4 is 16.6 Å². The third kappa shape index (κ3) is 2.86. The highest BCUT2D eigenvalue weighted by molar-refractivity contribution is 5.80. The Morgan fingerprint density at radius 3 is 2.53 bits per heavy atom. The molecule has 3 aliphatic rings. The van der Waals surface area contributed by atoms with Gasteiger partial charge in [-0.2, -0.15) is 4.98 Å².